The van der Waals surface area contributed by atoms with Gasteiger partial charge in [-0.15, -0.1) is 0 Å². The van der Waals surface area contributed by atoms with E-state index >= 15 is 0 Å². The SMILES string of the molecule is CC[C@H](C)[C@H](NC(=O)[C@H](CCCN=C(N)N)NC(=O)[C@H](CC(C)C)NC(=O)[C@H](Cc1ccccc1)NC(=O)CNC(=O)CNC(=O)[C@@H](C)Cc1c(C)cc(O)cc1C)C(=O)N[C@@H](CCCN=C(N)N)C(=O)N1CCC[C@H]1C(=O)N[C@@H](CCCCN)C(=O)O. The Bertz CT molecular complexity index is 2720. The second kappa shape index (κ2) is 37.9. The molecule has 1 heterocycles. The Balaban J connectivity index is 1.85. The van der Waals surface area contributed by atoms with Gasteiger partial charge in [0.1, 0.15) is 48.0 Å². The molecule has 20 N–H and O–H groups in total. The summed E-state index contributed by atoms with van der Waals surface area (Å²) >= 11 is 0. The number of carboxylic acid groups (broad SMARTS) is 1. The van der Waals surface area contributed by atoms with Crippen molar-refractivity contribution in [1.29, 1.82) is 0 Å². The molecule has 0 radical (unpaired) electrons. The van der Waals surface area contributed by atoms with E-state index in [4.69, 9.17) is 28.7 Å². The second-order valence-corrected chi connectivity index (χ2v) is 22.9. The fourth-order valence-electron chi connectivity index (χ4n) is 10.1. The number of aryl methyl sites for hydroxylation is 2. The fraction of sp³-hybridized carbons (Fsp3) is 0.600. The Morgan fingerprint density at radius 1 is 0.636 bits per heavy atom. The molecule has 0 aromatic heterocycles. The summed E-state index contributed by atoms with van der Waals surface area (Å²) < 4.78 is 0. The summed E-state index contributed by atoms with van der Waals surface area (Å²) in [5.41, 5.74) is 31.1. The molecule has 28 heteroatoms. The highest BCUT2D eigenvalue weighted by molar-refractivity contribution is 5.98. The van der Waals surface area contributed by atoms with E-state index in [1.807, 2.05) is 27.7 Å². The first kappa shape index (κ1) is 73.7. The maximum Gasteiger partial charge on any atom is 0.326 e. The van der Waals surface area contributed by atoms with E-state index in [-0.39, 0.29) is 94.6 Å². The number of phenols is 1. The van der Waals surface area contributed by atoms with Crippen LogP contribution >= 0.6 is 0 Å². The van der Waals surface area contributed by atoms with Gasteiger partial charge in [-0.25, -0.2) is 4.79 Å². The topological polar surface area (TPSA) is 465 Å². The van der Waals surface area contributed by atoms with Gasteiger partial charge in [-0.1, -0.05) is 71.4 Å². The standard InChI is InChI=1S/C60H96N16O12/c1-8-35(4)50(56(85)72-43(21-15-25-67-60(64)65)57(86)76-26-16-22-47(76)55(84)73-44(58(87)88)19-12-13-23-61)75-52(81)42(20-14-24-66-59(62)63)71-53(82)45(27-34(2)3)74-54(83)46(31-39-17-10-9-11-18-39)70-49(79)33-68-48(78)32-69-51(80)38(7)30-41-36(5)28-40(77)29-37(41)6/h9-11,17-18,28-29,34-35,38,42-47,50,77H,8,12-16,19-27,30-33,61H2,1-7H3,(H,68,78)(H,69,80)(H,70,79)(H,71,82)(H,72,85)(H,73,84)(H,74,83)(H,75,81)(H,87,88)(H4,62,63,66)(H4,64,65,67)/t35-,38-,42-,43-,44-,45-,46-,47-,50-/m0/s1. The molecule has 0 saturated carbocycles. The highest BCUT2D eigenvalue weighted by Gasteiger charge is 2.40. The number of benzene rings is 2. The number of hydrogen-bond acceptors (Lipinski definition) is 14. The van der Waals surface area contributed by atoms with Crippen molar-refractivity contribution < 1.29 is 58.2 Å². The number of likely N-dealkylation sites (tertiary alicyclic amines) is 1. The van der Waals surface area contributed by atoms with Crippen molar-refractivity contribution in [1.82, 2.24) is 47.4 Å². The molecule has 488 valence electrons. The van der Waals surface area contributed by atoms with Gasteiger partial charge in [0.05, 0.1) is 13.1 Å². The first-order valence-corrected chi connectivity index (χ1v) is 30.2. The third-order valence-corrected chi connectivity index (χ3v) is 15.1. The lowest BCUT2D eigenvalue weighted by Gasteiger charge is -2.32. The van der Waals surface area contributed by atoms with Crippen molar-refractivity contribution >= 4 is 71.1 Å². The van der Waals surface area contributed by atoms with Crippen LogP contribution in [0.1, 0.15) is 128 Å². The number of nitrogens with zero attached hydrogens (tertiary/aromatic N) is 3. The third-order valence-electron chi connectivity index (χ3n) is 15.1. The monoisotopic (exact) mass is 1230 g/mol. The summed E-state index contributed by atoms with van der Waals surface area (Å²) in [6.45, 7) is 12.1. The predicted molar refractivity (Wildman–Crippen MR) is 332 cm³/mol. The summed E-state index contributed by atoms with van der Waals surface area (Å²) in [5, 5.41) is 41.1. The Hall–Kier alpha value is -8.56. The maximum absolute atomic E-state index is 14.6. The van der Waals surface area contributed by atoms with E-state index in [2.05, 4.69) is 52.5 Å². The molecular formula is C60H96N16O12. The smallest absolute Gasteiger partial charge is 0.326 e. The zero-order chi connectivity index (χ0) is 65.6. The zero-order valence-corrected chi connectivity index (χ0v) is 52.0. The minimum Gasteiger partial charge on any atom is -0.508 e. The van der Waals surface area contributed by atoms with Crippen LogP contribution in [0.25, 0.3) is 0 Å². The molecule has 1 aliphatic heterocycles. The number of aliphatic imine (C=N–C) groups is 2. The highest BCUT2D eigenvalue weighted by Crippen LogP contribution is 2.24. The second-order valence-electron chi connectivity index (χ2n) is 22.9. The minimum atomic E-state index is -1.36. The van der Waals surface area contributed by atoms with Gasteiger partial charge in [-0.3, -0.25) is 53.1 Å². The summed E-state index contributed by atoms with van der Waals surface area (Å²) in [7, 11) is 0. The summed E-state index contributed by atoms with van der Waals surface area (Å²) in [6, 6.07) is 3.18. The lowest BCUT2D eigenvalue weighted by molar-refractivity contribution is -0.145. The van der Waals surface area contributed by atoms with Gasteiger partial charge < -0.3 is 86.3 Å². The molecule has 88 heavy (non-hydrogen) atoms. The predicted octanol–water partition coefficient (Wildman–Crippen LogP) is -1.02. The minimum absolute atomic E-state index is 0.00568. The number of phenolic OH excluding ortho intramolecular Hbond substituents is 1. The lowest BCUT2D eigenvalue weighted by Crippen LogP contribution is -2.61. The average molecular weight is 1230 g/mol. The van der Waals surface area contributed by atoms with Crippen LogP contribution in [0.3, 0.4) is 0 Å². The molecule has 2 aromatic rings. The Morgan fingerprint density at radius 3 is 1.77 bits per heavy atom. The van der Waals surface area contributed by atoms with E-state index in [1.165, 1.54) is 4.90 Å². The molecule has 1 saturated heterocycles. The van der Waals surface area contributed by atoms with Crippen molar-refractivity contribution in [2.75, 3.05) is 39.3 Å². The number of nitrogens with one attached hydrogen (secondary N) is 8. The van der Waals surface area contributed by atoms with Crippen molar-refractivity contribution in [3.05, 3.63) is 64.7 Å². The summed E-state index contributed by atoms with van der Waals surface area (Å²) in [6.07, 6.45) is 2.78. The number of nitrogens with two attached hydrogens (primary N) is 5. The third kappa shape index (κ3) is 25.8. The van der Waals surface area contributed by atoms with Gasteiger partial charge in [0.15, 0.2) is 11.9 Å². The summed E-state index contributed by atoms with van der Waals surface area (Å²) in [4.78, 5) is 147. The van der Waals surface area contributed by atoms with Crippen LogP contribution in [0.15, 0.2) is 52.4 Å². The van der Waals surface area contributed by atoms with E-state index in [1.54, 1.807) is 63.2 Å². The van der Waals surface area contributed by atoms with E-state index in [9.17, 15) is 58.2 Å². The maximum atomic E-state index is 14.6. The van der Waals surface area contributed by atoms with Gasteiger partial charge in [-0.05, 0) is 137 Å². The van der Waals surface area contributed by atoms with Crippen LogP contribution in [0.4, 0.5) is 0 Å². The van der Waals surface area contributed by atoms with Gasteiger partial charge >= 0.3 is 5.97 Å². The van der Waals surface area contributed by atoms with Crippen LogP contribution in [-0.4, -0.2) is 168 Å². The van der Waals surface area contributed by atoms with Gasteiger partial charge in [0.25, 0.3) is 0 Å². The number of carbonyl (C=O) groups excluding carboxylic acids is 9. The Morgan fingerprint density at radius 2 is 1.19 bits per heavy atom. The molecule has 0 bridgehead atoms. The largest absolute Gasteiger partial charge is 0.508 e. The number of rotatable bonds is 38. The van der Waals surface area contributed by atoms with Crippen molar-refractivity contribution in [3.8, 4) is 5.75 Å². The van der Waals surface area contributed by atoms with E-state index in [0.29, 0.717) is 44.2 Å². The van der Waals surface area contributed by atoms with Crippen LogP contribution in [0, 0.1) is 31.6 Å². The van der Waals surface area contributed by atoms with E-state index in [0.717, 1.165) is 16.7 Å². The number of guanidine groups is 2. The zero-order valence-electron chi connectivity index (χ0n) is 52.0. The molecule has 0 unspecified atom stereocenters. The van der Waals surface area contributed by atoms with Crippen LogP contribution in [0.2, 0.25) is 0 Å². The first-order chi connectivity index (χ1) is 41.6. The molecular weight excluding hydrogens is 1140 g/mol. The molecule has 2 aromatic carbocycles. The van der Waals surface area contributed by atoms with Crippen LogP contribution in [0.5, 0.6) is 5.75 Å². The Kier molecular flexibility index (Phi) is 31.7. The molecule has 1 aliphatic rings. The van der Waals surface area contributed by atoms with Crippen LogP contribution in [-0.2, 0) is 60.8 Å². The van der Waals surface area contributed by atoms with E-state index < -0.39 is 126 Å². The molecule has 1 fully saturated rings. The van der Waals surface area contributed by atoms with Gasteiger partial charge in [-0.2, -0.15) is 0 Å². The highest BCUT2D eigenvalue weighted by atomic mass is 16.4. The number of carbonyl (C=O) groups is 10. The molecule has 9 atom stereocenters. The van der Waals surface area contributed by atoms with Crippen molar-refractivity contribution in [2.45, 2.75) is 174 Å². The number of carboxylic acids is 1. The fourth-order valence-corrected chi connectivity index (χ4v) is 10.1. The van der Waals surface area contributed by atoms with Gasteiger partial charge in [0, 0.05) is 32.0 Å². The number of unbranched alkanes of at least 4 members (excludes halogenated alkanes) is 1. The molecule has 0 spiro atoms. The number of aliphatic carboxylic acids is 1. The Labute approximate surface area is 515 Å². The molecule has 0 aliphatic carbocycles. The molecule has 28 nitrogen and oxygen atoms in total. The summed E-state index contributed by atoms with van der Waals surface area (Å²) in [5.74, 6) is -9.08. The van der Waals surface area contributed by atoms with Crippen molar-refractivity contribution in [2.24, 2.45) is 56.4 Å². The number of aromatic hydroxyl groups is 1. The number of amides is 9. The lowest BCUT2D eigenvalue weighted by atomic mass is 9.93. The van der Waals surface area contributed by atoms with Gasteiger partial charge in [0.2, 0.25) is 53.2 Å². The average Bonchev–Trinajstić information content (AvgIpc) is 3.29. The molecule has 3 rings (SSSR count). The quantitative estimate of drug-likeness (QED) is 0.0217. The first-order valence-electron chi connectivity index (χ1n) is 30.2. The molecule has 9 amide bonds. The van der Waals surface area contributed by atoms with Crippen LogP contribution < -0.4 is 71.2 Å². The van der Waals surface area contributed by atoms with Crippen molar-refractivity contribution in [3.63, 3.8) is 0 Å². The normalized spacial score (nSPS) is 15.5. The number of hydrogen-bond donors (Lipinski definition) is 15.